The monoisotopic (exact) mass is 476 g/mol. The van der Waals surface area contributed by atoms with Crippen molar-refractivity contribution in [1.82, 2.24) is 14.6 Å². The van der Waals surface area contributed by atoms with Crippen LogP contribution in [0.5, 0.6) is 0 Å². The predicted octanol–water partition coefficient (Wildman–Crippen LogP) is 5.03. The van der Waals surface area contributed by atoms with Gasteiger partial charge in [-0.25, -0.2) is 10.2 Å². The van der Waals surface area contributed by atoms with Crippen LogP contribution in [0.25, 0.3) is 16.6 Å². The van der Waals surface area contributed by atoms with Gasteiger partial charge in [0.05, 0.1) is 18.9 Å². The van der Waals surface area contributed by atoms with Gasteiger partial charge in [0.2, 0.25) is 0 Å². The highest BCUT2D eigenvalue weighted by atomic mass is 16.5. The molecule has 0 unspecified atom stereocenters. The van der Waals surface area contributed by atoms with Crippen LogP contribution in [-0.2, 0) is 11.3 Å². The van der Waals surface area contributed by atoms with Gasteiger partial charge in [-0.15, -0.1) is 0 Å². The Morgan fingerprint density at radius 2 is 1.69 bits per heavy atom. The van der Waals surface area contributed by atoms with Crippen LogP contribution < -0.4 is 5.43 Å². The van der Waals surface area contributed by atoms with Crippen LogP contribution in [0.1, 0.15) is 31.8 Å². The number of esters is 1. The number of ether oxygens (including phenoxy) is 1. The number of aromatic nitrogens is 2. The lowest BCUT2D eigenvalue weighted by atomic mass is 10.1. The summed E-state index contributed by atoms with van der Waals surface area (Å²) in [5, 5.41) is 5.21. The number of nitrogens with zero attached hydrogens (tertiary/aromatic N) is 3. The standard InChI is InChI=1S/C29H24N4O3/c1-36-29(35)23-8-6-7-21(17-23)19-33-20-24(26-9-2-3-10-27(26)33)18-30-31-28(34)22-11-13-25(14-12-22)32-15-4-5-16-32/h2-18,20H,19H2,1H3,(H,31,34)/b30-18+. The maximum Gasteiger partial charge on any atom is 0.337 e. The van der Waals surface area contributed by atoms with Crippen molar-refractivity contribution < 1.29 is 14.3 Å². The first-order valence-corrected chi connectivity index (χ1v) is 11.4. The fourth-order valence-electron chi connectivity index (χ4n) is 4.14. The highest BCUT2D eigenvalue weighted by Crippen LogP contribution is 2.22. The van der Waals surface area contributed by atoms with E-state index < -0.39 is 0 Å². The van der Waals surface area contributed by atoms with Crippen molar-refractivity contribution in [3.05, 3.63) is 126 Å². The average molecular weight is 477 g/mol. The lowest BCUT2D eigenvalue weighted by Crippen LogP contribution is -2.17. The smallest absolute Gasteiger partial charge is 0.337 e. The first kappa shape index (κ1) is 22.9. The quantitative estimate of drug-likeness (QED) is 0.203. The number of methoxy groups -OCH3 is 1. The minimum atomic E-state index is -0.364. The molecule has 0 saturated carbocycles. The number of hydrazone groups is 1. The molecule has 0 fully saturated rings. The summed E-state index contributed by atoms with van der Waals surface area (Å²) in [5.74, 6) is -0.647. The zero-order valence-corrected chi connectivity index (χ0v) is 19.7. The minimum Gasteiger partial charge on any atom is -0.465 e. The number of amides is 1. The molecular weight excluding hydrogens is 452 g/mol. The van der Waals surface area contributed by atoms with E-state index in [-0.39, 0.29) is 11.9 Å². The van der Waals surface area contributed by atoms with E-state index in [4.69, 9.17) is 4.74 Å². The topological polar surface area (TPSA) is 77.6 Å². The van der Waals surface area contributed by atoms with Crippen LogP contribution >= 0.6 is 0 Å². The Kier molecular flexibility index (Phi) is 6.44. The van der Waals surface area contributed by atoms with Crippen LogP contribution in [0.15, 0.2) is 109 Å². The van der Waals surface area contributed by atoms with Crippen molar-refractivity contribution in [2.24, 2.45) is 5.10 Å². The molecule has 36 heavy (non-hydrogen) atoms. The van der Waals surface area contributed by atoms with Gasteiger partial charge >= 0.3 is 5.97 Å². The third-order valence-corrected chi connectivity index (χ3v) is 5.92. The zero-order chi connectivity index (χ0) is 24.9. The Bertz CT molecular complexity index is 1550. The molecule has 1 N–H and O–H groups in total. The number of nitrogens with one attached hydrogen (secondary N) is 1. The van der Waals surface area contributed by atoms with Crippen LogP contribution in [0.2, 0.25) is 0 Å². The van der Waals surface area contributed by atoms with Gasteiger partial charge in [0.15, 0.2) is 0 Å². The molecule has 1 amide bonds. The van der Waals surface area contributed by atoms with Crippen LogP contribution in [0.4, 0.5) is 0 Å². The van der Waals surface area contributed by atoms with Gasteiger partial charge in [-0.2, -0.15) is 5.10 Å². The molecule has 0 aliphatic carbocycles. The van der Waals surface area contributed by atoms with E-state index in [1.54, 1.807) is 24.4 Å². The lowest BCUT2D eigenvalue weighted by molar-refractivity contribution is 0.0600. The third-order valence-electron chi connectivity index (χ3n) is 5.92. The number of carbonyl (C=O) groups is 2. The van der Waals surface area contributed by atoms with E-state index >= 15 is 0 Å². The molecule has 0 atom stereocenters. The van der Waals surface area contributed by atoms with Gasteiger partial charge in [0.25, 0.3) is 5.91 Å². The number of fused-ring (bicyclic) bond motifs is 1. The lowest BCUT2D eigenvalue weighted by Gasteiger charge is -2.07. The maximum absolute atomic E-state index is 12.6. The van der Waals surface area contributed by atoms with E-state index in [9.17, 15) is 9.59 Å². The molecule has 2 heterocycles. The summed E-state index contributed by atoms with van der Waals surface area (Å²) < 4.78 is 8.90. The molecule has 0 spiro atoms. The molecule has 0 aliphatic heterocycles. The highest BCUT2D eigenvalue weighted by Gasteiger charge is 2.10. The summed E-state index contributed by atoms with van der Waals surface area (Å²) >= 11 is 0. The molecule has 0 saturated heterocycles. The Morgan fingerprint density at radius 3 is 2.47 bits per heavy atom. The molecule has 0 bridgehead atoms. The van der Waals surface area contributed by atoms with Gasteiger partial charge in [0.1, 0.15) is 0 Å². The fraction of sp³-hybridized carbons (Fsp3) is 0.0690. The Morgan fingerprint density at radius 1 is 0.917 bits per heavy atom. The Balaban J connectivity index is 1.32. The largest absolute Gasteiger partial charge is 0.465 e. The summed E-state index contributed by atoms with van der Waals surface area (Å²) in [6.07, 6.45) is 7.53. The van der Waals surface area contributed by atoms with Crippen LogP contribution in [0, 0.1) is 0 Å². The van der Waals surface area contributed by atoms with Crippen molar-refractivity contribution >= 4 is 29.0 Å². The summed E-state index contributed by atoms with van der Waals surface area (Å²) in [5.41, 5.74) is 7.49. The molecule has 5 aromatic rings. The van der Waals surface area contributed by atoms with E-state index in [0.29, 0.717) is 17.7 Å². The minimum absolute atomic E-state index is 0.284. The van der Waals surface area contributed by atoms with E-state index in [0.717, 1.165) is 27.7 Å². The summed E-state index contributed by atoms with van der Waals surface area (Å²) in [6, 6.07) is 26.6. The second-order valence-electron chi connectivity index (χ2n) is 8.26. The fourth-order valence-corrected chi connectivity index (χ4v) is 4.14. The molecule has 0 radical (unpaired) electrons. The summed E-state index contributed by atoms with van der Waals surface area (Å²) in [4.78, 5) is 24.5. The maximum atomic E-state index is 12.6. The van der Waals surface area contributed by atoms with Gasteiger partial charge in [-0.05, 0) is 60.2 Å². The number of benzene rings is 3. The molecule has 7 nitrogen and oxygen atoms in total. The number of hydrogen-bond donors (Lipinski definition) is 1. The first-order chi connectivity index (χ1) is 17.6. The van der Waals surface area contributed by atoms with Crippen LogP contribution in [-0.4, -0.2) is 34.3 Å². The van der Waals surface area contributed by atoms with Crippen molar-refractivity contribution in [3.63, 3.8) is 0 Å². The van der Waals surface area contributed by atoms with E-state index in [1.807, 2.05) is 89.9 Å². The number of hydrogen-bond acceptors (Lipinski definition) is 4. The molecule has 178 valence electrons. The molecule has 3 aromatic carbocycles. The molecule has 7 heteroatoms. The number of rotatable bonds is 7. The first-order valence-electron chi connectivity index (χ1n) is 11.4. The van der Waals surface area contributed by atoms with Gasteiger partial charge in [-0.3, -0.25) is 4.79 Å². The van der Waals surface area contributed by atoms with E-state index in [1.165, 1.54) is 7.11 Å². The number of carbonyl (C=O) groups excluding carboxylic acids is 2. The van der Waals surface area contributed by atoms with Gasteiger partial charge in [0, 0.05) is 52.9 Å². The molecular formula is C29H24N4O3. The third kappa shape index (κ3) is 4.81. The van der Waals surface area contributed by atoms with Crippen LogP contribution in [0.3, 0.4) is 0 Å². The normalized spacial score (nSPS) is 11.1. The van der Waals surface area contributed by atoms with Crippen molar-refractivity contribution in [1.29, 1.82) is 0 Å². The van der Waals surface area contributed by atoms with Crippen molar-refractivity contribution in [3.8, 4) is 5.69 Å². The molecule has 2 aromatic heterocycles. The second-order valence-corrected chi connectivity index (χ2v) is 8.26. The zero-order valence-electron chi connectivity index (χ0n) is 19.7. The SMILES string of the molecule is COC(=O)c1cccc(Cn2cc(/C=N/NC(=O)c3ccc(-n4cccc4)cc3)c3ccccc32)c1. The molecule has 0 aliphatic rings. The highest BCUT2D eigenvalue weighted by molar-refractivity contribution is 6.00. The van der Waals surface area contributed by atoms with Gasteiger partial charge in [-0.1, -0.05) is 30.3 Å². The van der Waals surface area contributed by atoms with E-state index in [2.05, 4.69) is 15.1 Å². The Hall–Kier alpha value is -4.91. The van der Waals surface area contributed by atoms with Gasteiger partial charge < -0.3 is 13.9 Å². The summed E-state index contributed by atoms with van der Waals surface area (Å²) in [6.45, 7) is 0.569. The Labute approximate surface area is 208 Å². The number of para-hydroxylation sites is 1. The molecule has 5 rings (SSSR count). The average Bonchev–Trinajstić information content (AvgIpc) is 3.58. The van der Waals surface area contributed by atoms with Crippen molar-refractivity contribution in [2.45, 2.75) is 6.54 Å². The second kappa shape index (κ2) is 10.1. The predicted molar refractivity (Wildman–Crippen MR) is 140 cm³/mol. The van der Waals surface area contributed by atoms with Crippen molar-refractivity contribution in [2.75, 3.05) is 7.11 Å². The summed E-state index contributed by atoms with van der Waals surface area (Å²) in [7, 11) is 1.37.